The van der Waals surface area contributed by atoms with E-state index in [1.54, 1.807) is 30.0 Å². The summed E-state index contributed by atoms with van der Waals surface area (Å²) < 4.78 is 5.30. The van der Waals surface area contributed by atoms with Gasteiger partial charge in [0.05, 0.1) is 6.61 Å². The van der Waals surface area contributed by atoms with Gasteiger partial charge in [-0.3, -0.25) is 14.5 Å². The number of carbonyl (C=O) groups is 3. The highest BCUT2D eigenvalue weighted by atomic mass is 35.5. The van der Waals surface area contributed by atoms with Gasteiger partial charge in [0.2, 0.25) is 5.91 Å². The van der Waals surface area contributed by atoms with Crippen molar-refractivity contribution in [2.75, 3.05) is 39.3 Å². The maximum absolute atomic E-state index is 12.7. The van der Waals surface area contributed by atoms with Crippen LogP contribution in [0.25, 0.3) is 0 Å². The van der Waals surface area contributed by atoms with E-state index in [1.807, 2.05) is 42.2 Å². The monoisotopic (exact) mass is 471 g/mol. The first-order chi connectivity index (χ1) is 15.9. The van der Waals surface area contributed by atoms with Crippen molar-refractivity contribution in [3.05, 3.63) is 70.2 Å². The van der Waals surface area contributed by atoms with Gasteiger partial charge in [-0.1, -0.05) is 41.4 Å². The molecule has 1 N–H and O–H groups in total. The largest absolute Gasteiger partial charge is 0.465 e. The zero-order valence-electron chi connectivity index (χ0n) is 19.1. The van der Waals surface area contributed by atoms with Gasteiger partial charge >= 0.3 is 5.97 Å². The third-order valence-corrected chi connectivity index (χ3v) is 5.88. The summed E-state index contributed by atoms with van der Waals surface area (Å²) in [5, 5.41) is 3.41. The van der Waals surface area contributed by atoms with E-state index in [0.29, 0.717) is 43.4 Å². The Morgan fingerprint density at radius 1 is 1.06 bits per heavy atom. The van der Waals surface area contributed by atoms with Crippen LogP contribution in [0.5, 0.6) is 0 Å². The van der Waals surface area contributed by atoms with E-state index in [4.69, 9.17) is 16.3 Å². The molecule has 1 saturated heterocycles. The fourth-order valence-corrected chi connectivity index (χ4v) is 4.05. The topological polar surface area (TPSA) is 79.0 Å². The molecule has 33 heavy (non-hydrogen) atoms. The lowest BCUT2D eigenvalue weighted by Crippen LogP contribution is -2.51. The van der Waals surface area contributed by atoms with Gasteiger partial charge in [-0.25, -0.2) is 4.79 Å². The van der Waals surface area contributed by atoms with Crippen molar-refractivity contribution in [2.45, 2.75) is 26.3 Å². The van der Waals surface area contributed by atoms with Crippen molar-refractivity contribution >= 4 is 29.4 Å². The summed E-state index contributed by atoms with van der Waals surface area (Å²) >= 11 is 6.00. The Labute approximate surface area is 199 Å². The SMILES string of the molecule is CCOC(=O)[C@@H](c1ccc(Cl)cc1)N1CCN(C(=O)CCNC(=O)c2cccc(C)c2)CC1. The summed E-state index contributed by atoms with van der Waals surface area (Å²) in [5.41, 5.74) is 2.41. The highest BCUT2D eigenvalue weighted by Crippen LogP contribution is 2.25. The van der Waals surface area contributed by atoms with E-state index in [0.717, 1.165) is 11.1 Å². The standard InChI is InChI=1S/C25H30ClN3O4/c1-3-33-25(32)23(19-7-9-21(26)10-8-19)29-15-13-28(14-16-29)22(30)11-12-27-24(31)20-6-4-5-18(2)17-20/h4-10,17,23H,3,11-16H2,1-2H3,(H,27,31)/t23-/m1/s1. The van der Waals surface area contributed by atoms with Crippen molar-refractivity contribution in [2.24, 2.45) is 0 Å². The van der Waals surface area contributed by atoms with Gasteiger partial charge < -0.3 is 15.0 Å². The van der Waals surface area contributed by atoms with Crippen LogP contribution in [0.4, 0.5) is 0 Å². The Morgan fingerprint density at radius 2 is 1.76 bits per heavy atom. The maximum Gasteiger partial charge on any atom is 0.328 e. The van der Waals surface area contributed by atoms with Gasteiger partial charge in [0.1, 0.15) is 6.04 Å². The van der Waals surface area contributed by atoms with Crippen LogP contribution in [0, 0.1) is 6.92 Å². The van der Waals surface area contributed by atoms with Crippen LogP contribution in [0.2, 0.25) is 5.02 Å². The minimum atomic E-state index is -0.534. The molecule has 176 valence electrons. The van der Waals surface area contributed by atoms with Gasteiger partial charge in [0.25, 0.3) is 5.91 Å². The van der Waals surface area contributed by atoms with E-state index in [1.165, 1.54) is 0 Å². The van der Waals surface area contributed by atoms with Crippen molar-refractivity contribution in [1.82, 2.24) is 15.1 Å². The molecule has 0 saturated carbocycles. The number of hydrogen-bond donors (Lipinski definition) is 1. The summed E-state index contributed by atoms with van der Waals surface area (Å²) in [6.07, 6.45) is 0.232. The van der Waals surface area contributed by atoms with Crippen LogP contribution in [0.15, 0.2) is 48.5 Å². The highest BCUT2D eigenvalue weighted by Gasteiger charge is 2.32. The minimum absolute atomic E-state index is 0.0154. The fraction of sp³-hybridized carbons (Fsp3) is 0.400. The number of piperazine rings is 1. The smallest absolute Gasteiger partial charge is 0.328 e. The van der Waals surface area contributed by atoms with Gasteiger partial charge in [-0.05, 0) is 43.7 Å². The summed E-state index contributed by atoms with van der Waals surface area (Å²) in [5.74, 6) is -0.506. The molecule has 0 unspecified atom stereocenters. The molecule has 2 aromatic carbocycles. The molecule has 0 aliphatic carbocycles. The lowest BCUT2D eigenvalue weighted by atomic mass is 10.0. The van der Waals surface area contributed by atoms with Crippen molar-refractivity contribution in [3.8, 4) is 0 Å². The number of rotatable bonds is 8. The average molecular weight is 472 g/mol. The molecule has 2 amide bonds. The second-order valence-corrected chi connectivity index (χ2v) is 8.43. The number of amides is 2. The Balaban J connectivity index is 1.51. The molecule has 0 bridgehead atoms. The Kier molecular flexibility index (Phi) is 8.86. The zero-order valence-corrected chi connectivity index (χ0v) is 19.8. The average Bonchev–Trinajstić information content (AvgIpc) is 2.81. The van der Waals surface area contributed by atoms with E-state index in [2.05, 4.69) is 5.32 Å². The number of hydrogen-bond acceptors (Lipinski definition) is 5. The summed E-state index contributed by atoms with van der Waals surface area (Å²) in [7, 11) is 0. The van der Waals surface area contributed by atoms with Crippen LogP contribution < -0.4 is 5.32 Å². The number of nitrogens with zero attached hydrogens (tertiary/aromatic N) is 2. The van der Waals surface area contributed by atoms with Crippen molar-refractivity contribution < 1.29 is 19.1 Å². The molecule has 1 aliphatic rings. The molecule has 3 rings (SSSR count). The Morgan fingerprint density at radius 3 is 2.39 bits per heavy atom. The third kappa shape index (κ3) is 6.79. The first kappa shape index (κ1) is 24.7. The Bertz CT molecular complexity index is 972. The molecule has 1 atom stereocenters. The first-order valence-corrected chi connectivity index (χ1v) is 11.6. The second-order valence-electron chi connectivity index (χ2n) is 8.00. The second kappa shape index (κ2) is 11.8. The van der Waals surface area contributed by atoms with Crippen LogP contribution in [0.3, 0.4) is 0 Å². The molecular weight excluding hydrogens is 442 g/mol. The molecule has 0 radical (unpaired) electrons. The zero-order chi connectivity index (χ0) is 23.8. The quantitative estimate of drug-likeness (QED) is 0.598. The number of ether oxygens (including phenoxy) is 1. The molecule has 8 heteroatoms. The van der Waals surface area contributed by atoms with Crippen LogP contribution in [-0.4, -0.2) is 66.9 Å². The normalized spacial score (nSPS) is 15.1. The van der Waals surface area contributed by atoms with Crippen molar-refractivity contribution in [3.63, 3.8) is 0 Å². The van der Waals surface area contributed by atoms with E-state index in [-0.39, 0.29) is 30.7 Å². The molecule has 0 spiro atoms. The number of benzene rings is 2. The molecule has 1 heterocycles. The first-order valence-electron chi connectivity index (χ1n) is 11.2. The minimum Gasteiger partial charge on any atom is -0.465 e. The lowest BCUT2D eigenvalue weighted by Gasteiger charge is -2.38. The third-order valence-electron chi connectivity index (χ3n) is 5.63. The predicted molar refractivity (Wildman–Crippen MR) is 127 cm³/mol. The van der Waals surface area contributed by atoms with Crippen LogP contribution in [0.1, 0.15) is 40.9 Å². The van der Waals surface area contributed by atoms with Gasteiger partial charge in [0.15, 0.2) is 0 Å². The number of esters is 1. The predicted octanol–water partition coefficient (Wildman–Crippen LogP) is 3.22. The molecule has 0 aromatic heterocycles. The molecule has 2 aromatic rings. The van der Waals surface area contributed by atoms with E-state index < -0.39 is 6.04 Å². The van der Waals surface area contributed by atoms with Gasteiger partial charge in [-0.15, -0.1) is 0 Å². The highest BCUT2D eigenvalue weighted by molar-refractivity contribution is 6.30. The maximum atomic E-state index is 12.7. The number of nitrogens with one attached hydrogen (secondary N) is 1. The molecule has 1 fully saturated rings. The summed E-state index contributed by atoms with van der Waals surface area (Å²) in [6, 6.07) is 14.0. The summed E-state index contributed by atoms with van der Waals surface area (Å²) in [6.45, 7) is 6.41. The lowest BCUT2D eigenvalue weighted by molar-refractivity contribution is -0.151. The summed E-state index contributed by atoms with van der Waals surface area (Å²) in [4.78, 5) is 41.4. The van der Waals surface area contributed by atoms with Crippen LogP contribution in [-0.2, 0) is 14.3 Å². The van der Waals surface area contributed by atoms with Gasteiger partial charge in [0, 0.05) is 49.7 Å². The number of carbonyl (C=O) groups excluding carboxylic acids is 3. The van der Waals surface area contributed by atoms with Crippen molar-refractivity contribution in [1.29, 1.82) is 0 Å². The fourth-order valence-electron chi connectivity index (χ4n) is 3.92. The van der Waals surface area contributed by atoms with Crippen LogP contribution >= 0.6 is 11.6 Å². The van der Waals surface area contributed by atoms with Gasteiger partial charge in [-0.2, -0.15) is 0 Å². The van der Waals surface area contributed by atoms with E-state index >= 15 is 0 Å². The van der Waals surface area contributed by atoms with E-state index in [9.17, 15) is 14.4 Å². The number of halogens is 1. The molecule has 7 nitrogen and oxygen atoms in total. The Hall–Kier alpha value is -2.90. The molecule has 1 aliphatic heterocycles. The molecular formula is C25H30ClN3O4. The number of aryl methyl sites for hydroxylation is 1.